The van der Waals surface area contributed by atoms with Gasteiger partial charge in [-0.25, -0.2) is 14.8 Å². The van der Waals surface area contributed by atoms with E-state index in [1.807, 2.05) is 20.8 Å². The van der Waals surface area contributed by atoms with Gasteiger partial charge in [-0.1, -0.05) is 25.7 Å². The molecule has 1 saturated heterocycles. The van der Waals surface area contributed by atoms with Gasteiger partial charge in [-0.15, -0.1) is 0 Å². The summed E-state index contributed by atoms with van der Waals surface area (Å²) in [4.78, 5) is 23.8. The third-order valence-corrected chi connectivity index (χ3v) is 8.44. The van der Waals surface area contributed by atoms with Crippen molar-refractivity contribution < 1.29 is 19.0 Å². The Kier molecular flexibility index (Phi) is 8.21. The normalized spacial score (nSPS) is 17.9. The molecule has 4 rings (SSSR count). The average molecular weight is 515 g/mol. The molecule has 0 atom stereocenters. The van der Waals surface area contributed by atoms with Crippen molar-refractivity contribution in [1.29, 1.82) is 0 Å². The molecule has 0 N–H and O–H groups in total. The van der Waals surface area contributed by atoms with E-state index in [1.54, 1.807) is 11.2 Å². The molecule has 2 aliphatic rings. The van der Waals surface area contributed by atoms with Crippen molar-refractivity contribution in [3.63, 3.8) is 0 Å². The van der Waals surface area contributed by atoms with Gasteiger partial charge in [0, 0.05) is 52.6 Å². The second-order valence-corrected chi connectivity index (χ2v) is 17.7. The summed E-state index contributed by atoms with van der Waals surface area (Å²) >= 11 is 0. The van der Waals surface area contributed by atoms with Crippen LogP contribution in [0.3, 0.4) is 0 Å². The lowest BCUT2D eigenvalue weighted by Crippen LogP contribution is -2.39. The summed E-state index contributed by atoms with van der Waals surface area (Å²) in [5.74, 6) is 0.414. The van der Waals surface area contributed by atoms with Gasteiger partial charge < -0.3 is 23.7 Å². The van der Waals surface area contributed by atoms with E-state index in [4.69, 9.17) is 24.2 Å². The molecular formula is C27H42N4O4Si. The van der Waals surface area contributed by atoms with Crippen molar-refractivity contribution in [2.75, 3.05) is 32.9 Å². The van der Waals surface area contributed by atoms with Crippen molar-refractivity contribution in [2.24, 2.45) is 0 Å². The lowest BCUT2D eigenvalue weighted by molar-refractivity contribution is 0.0270. The molecule has 0 radical (unpaired) electrons. The second-order valence-electron chi connectivity index (χ2n) is 12.1. The summed E-state index contributed by atoms with van der Waals surface area (Å²) in [6.45, 7) is 16.7. The van der Waals surface area contributed by atoms with Crippen LogP contribution in [0.25, 0.3) is 16.6 Å². The van der Waals surface area contributed by atoms with E-state index in [0.717, 1.165) is 67.4 Å². The number of hydrogen-bond acceptors (Lipinski definition) is 6. The Bertz CT molecular complexity index is 1090. The number of rotatable bonds is 7. The quantitative estimate of drug-likeness (QED) is 0.350. The highest BCUT2D eigenvalue weighted by Crippen LogP contribution is 2.37. The van der Waals surface area contributed by atoms with E-state index in [1.165, 1.54) is 5.56 Å². The van der Waals surface area contributed by atoms with E-state index in [0.29, 0.717) is 25.7 Å². The van der Waals surface area contributed by atoms with Crippen molar-refractivity contribution in [2.45, 2.75) is 84.0 Å². The number of ether oxygens (including phenoxy) is 3. The minimum Gasteiger partial charge on any atom is -0.444 e. The van der Waals surface area contributed by atoms with Gasteiger partial charge in [0.15, 0.2) is 0 Å². The lowest BCUT2D eigenvalue weighted by Gasteiger charge is -2.29. The molecule has 0 bridgehead atoms. The van der Waals surface area contributed by atoms with Crippen LogP contribution in [0, 0.1) is 0 Å². The maximum atomic E-state index is 12.5. The zero-order valence-electron chi connectivity index (χ0n) is 22.8. The van der Waals surface area contributed by atoms with Crippen LogP contribution < -0.4 is 0 Å². The van der Waals surface area contributed by atoms with Crippen LogP contribution in [0.1, 0.15) is 57.2 Å². The highest BCUT2D eigenvalue weighted by atomic mass is 28.3. The molecule has 1 fully saturated rings. The summed E-state index contributed by atoms with van der Waals surface area (Å²) in [5, 5.41) is 1.12. The number of aromatic nitrogens is 3. The maximum absolute atomic E-state index is 12.5. The predicted molar refractivity (Wildman–Crippen MR) is 145 cm³/mol. The highest BCUT2D eigenvalue weighted by molar-refractivity contribution is 6.76. The van der Waals surface area contributed by atoms with Crippen LogP contribution in [0.4, 0.5) is 4.79 Å². The summed E-state index contributed by atoms with van der Waals surface area (Å²) in [6.07, 6.45) is 8.45. The fourth-order valence-corrected chi connectivity index (χ4v) is 5.49. The van der Waals surface area contributed by atoms with Crippen LogP contribution in [-0.2, 0) is 20.9 Å². The van der Waals surface area contributed by atoms with E-state index in [9.17, 15) is 4.79 Å². The van der Waals surface area contributed by atoms with Gasteiger partial charge in [0.1, 0.15) is 24.3 Å². The smallest absolute Gasteiger partial charge is 0.410 e. The predicted octanol–water partition coefficient (Wildman–Crippen LogP) is 5.66. The molecule has 2 aromatic rings. The number of carbonyl (C=O) groups is 1. The average Bonchev–Trinajstić information content (AvgIpc) is 3.20. The first kappa shape index (κ1) is 26.8. The maximum Gasteiger partial charge on any atom is 0.410 e. The van der Waals surface area contributed by atoms with Crippen molar-refractivity contribution >= 4 is 30.8 Å². The highest BCUT2D eigenvalue weighted by Gasteiger charge is 2.28. The summed E-state index contributed by atoms with van der Waals surface area (Å²) < 4.78 is 19.5. The minimum absolute atomic E-state index is 0.268. The monoisotopic (exact) mass is 514 g/mol. The van der Waals surface area contributed by atoms with Crippen LogP contribution in [-0.4, -0.2) is 72.1 Å². The van der Waals surface area contributed by atoms with Crippen LogP contribution in [0.15, 0.2) is 18.6 Å². The minimum atomic E-state index is -1.15. The molecule has 4 heterocycles. The van der Waals surface area contributed by atoms with Gasteiger partial charge in [0.05, 0.1) is 5.69 Å². The Hall–Kier alpha value is -2.23. The SMILES string of the molecule is CC(C)(C)OC(=O)N1CC=C(c2ncnc3c2c(C2CCOCC2)cn3COCC[Si](C)(C)C)CC1. The van der Waals surface area contributed by atoms with E-state index < -0.39 is 13.7 Å². The third-order valence-electron chi connectivity index (χ3n) is 6.74. The first-order valence-electron chi connectivity index (χ1n) is 13.2. The molecule has 0 aromatic carbocycles. The zero-order chi connectivity index (χ0) is 25.9. The van der Waals surface area contributed by atoms with Crippen molar-refractivity contribution in [3.8, 4) is 0 Å². The number of nitrogens with zero attached hydrogens (tertiary/aromatic N) is 4. The van der Waals surface area contributed by atoms with Gasteiger partial charge in [-0.2, -0.15) is 0 Å². The fourth-order valence-electron chi connectivity index (χ4n) is 4.73. The topological polar surface area (TPSA) is 78.7 Å². The Morgan fingerprint density at radius 1 is 1.19 bits per heavy atom. The standard InChI is InChI=1S/C27H42N4O4Si/c1-27(2,3)35-26(32)30-11-7-21(8-12-30)24-23-22(20-9-13-33-14-10-20)17-31(25(23)29-18-28-24)19-34-15-16-36(4,5)6/h7,17-18,20H,8-16,19H2,1-6H3. The number of carbonyl (C=O) groups excluding carboxylic acids is 1. The van der Waals surface area contributed by atoms with Crippen LogP contribution >= 0.6 is 0 Å². The van der Waals surface area contributed by atoms with Gasteiger partial charge in [0.25, 0.3) is 0 Å². The van der Waals surface area contributed by atoms with Gasteiger partial charge in [0.2, 0.25) is 0 Å². The largest absolute Gasteiger partial charge is 0.444 e. The summed E-state index contributed by atoms with van der Waals surface area (Å²) in [6, 6.07) is 1.14. The van der Waals surface area contributed by atoms with Crippen molar-refractivity contribution in [3.05, 3.63) is 29.9 Å². The van der Waals surface area contributed by atoms with Gasteiger partial charge >= 0.3 is 6.09 Å². The molecule has 198 valence electrons. The molecule has 8 nitrogen and oxygen atoms in total. The van der Waals surface area contributed by atoms with E-state index in [2.05, 4.69) is 36.5 Å². The molecule has 0 spiro atoms. The Morgan fingerprint density at radius 2 is 1.94 bits per heavy atom. The number of hydrogen-bond donors (Lipinski definition) is 0. The number of amides is 1. The molecule has 2 aromatic heterocycles. The Labute approximate surface area is 216 Å². The summed E-state index contributed by atoms with van der Waals surface area (Å²) in [5.41, 5.74) is 3.84. The number of fused-ring (bicyclic) bond motifs is 1. The fraction of sp³-hybridized carbons (Fsp3) is 0.667. The third kappa shape index (κ3) is 6.75. The molecule has 2 aliphatic heterocycles. The first-order chi connectivity index (χ1) is 17.0. The lowest BCUT2D eigenvalue weighted by atomic mass is 9.90. The van der Waals surface area contributed by atoms with Crippen LogP contribution in [0.5, 0.6) is 0 Å². The van der Waals surface area contributed by atoms with Gasteiger partial charge in [-0.3, -0.25) is 0 Å². The molecule has 0 unspecified atom stereocenters. The molecule has 0 saturated carbocycles. The zero-order valence-corrected chi connectivity index (χ0v) is 23.8. The molecular weight excluding hydrogens is 472 g/mol. The van der Waals surface area contributed by atoms with Crippen LogP contribution in [0.2, 0.25) is 25.7 Å². The van der Waals surface area contributed by atoms with E-state index in [-0.39, 0.29) is 6.09 Å². The summed E-state index contributed by atoms with van der Waals surface area (Å²) in [7, 11) is -1.15. The molecule has 1 amide bonds. The second kappa shape index (κ2) is 11.0. The van der Waals surface area contributed by atoms with Crippen molar-refractivity contribution in [1.82, 2.24) is 19.4 Å². The first-order valence-corrected chi connectivity index (χ1v) is 16.9. The van der Waals surface area contributed by atoms with Gasteiger partial charge in [-0.05, 0) is 63.1 Å². The molecule has 0 aliphatic carbocycles. The Morgan fingerprint density at radius 3 is 2.58 bits per heavy atom. The molecule has 9 heteroatoms. The Balaban J connectivity index is 1.61. The molecule has 36 heavy (non-hydrogen) atoms. The van der Waals surface area contributed by atoms with E-state index >= 15 is 0 Å².